The van der Waals surface area contributed by atoms with E-state index in [4.69, 9.17) is 0 Å². The number of carbonyl (C=O) groups is 1. The van der Waals surface area contributed by atoms with E-state index in [1.54, 1.807) is 11.9 Å². The van der Waals surface area contributed by atoms with Gasteiger partial charge in [-0.1, -0.05) is 36.3 Å². The van der Waals surface area contributed by atoms with Crippen LogP contribution in [0, 0.1) is 23.4 Å². The molecule has 0 spiro atoms. The van der Waals surface area contributed by atoms with E-state index in [2.05, 4.69) is 28.6 Å². The zero-order chi connectivity index (χ0) is 23.4. The van der Waals surface area contributed by atoms with Crippen molar-refractivity contribution in [2.24, 2.45) is 10.9 Å². The monoisotopic (exact) mass is 477 g/mol. The summed E-state index contributed by atoms with van der Waals surface area (Å²) in [5, 5.41) is 0.403. The summed E-state index contributed by atoms with van der Waals surface area (Å²) in [6.45, 7) is 4.30. The van der Waals surface area contributed by atoms with Crippen molar-refractivity contribution in [3.05, 3.63) is 59.5 Å². The number of hydrogen-bond donors (Lipinski definition) is 1. The maximum Gasteiger partial charge on any atom is 0.224 e. The molecule has 1 N–H and O–H groups in total. The number of nitrogens with zero attached hydrogens (tertiary/aromatic N) is 2. The van der Waals surface area contributed by atoms with E-state index in [9.17, 15) is 18.0 Å². The summed E-state index contributed by atoms with van der Waals surface area (Å²) in [5.74, 6) is -2.70. The van der Waals surface area contributed by atoms with E-state index in [0.29, 0.717) is 24.3 Å². The van der Waals surface area contributed by atoms with Crippen LogP contribution in [0.15, 0.2) is 41.4 Å². The second-order valence-electron chi connectivity index (χ2n) is 9.08. The van der Waals surface area contributed by atoms with Crippen molar-refractivity contribution in [3.8, 4) is 0 Å². The second-order valence-corrected chi connectivity index (χ2v) is 10.2. The number of allylic oxidation sites excluding steroid dienone is 3. The molecule has 4 rings (SSSR count). The average Bonchev–Trinajstić information content (AvgIpc) is 3.08. The van der Waals surface area contributed by atoms with Gasteiger partial charge in [-0.15, -0.1) is 0 Å². The van der Waals surface area contributed by atoms with Gasteiger partial charge in [-0.05, 0) is 62.8 Å². The third kappa shape index (κ3) is 5.72. The minimum absolute atomic E-state index is 0.115. The number of nitrogens with one attached hydrogen (secondary N) is 1. The van der Waals surface area contributed by atoms with Crippen molar-refractivity contribution in [1.82, 2.24) is 9.62 Å². The summed E-state index contributed by atoms with van der Waals surface area (Å²) in [5.41, 5.74) is 0.115. The SMILES string of the molecule is C=NC(Cc1cc(F)c(F)cc1F)C1CC2CCC(C1)N2C(=O)CCNSC1C=CC=CC1. The molecule has 4 unspecified atom stereocenters. The van der Waals surface area contributed by atoms with Crippen LogP contribution in [-0.2, 0) is 11.2 Å². The van der Waals surface area contributed by atoms with Crippen LogP contribution in [0.1, 0.15) is 44.1 Å². The molecule has 8 heteroatoms. The predicted octanol–water partition coefficient (Wildman–Crippen LogP) is 5.00. The van der Waals surface area contributed by atoms with Gasteiger partial charge in [0.25, 0.3) is 0 Å². The lowest BCUT2D eigenvalue weighted by atomic mass is 9.82. The number of hydrogen-bond acceptors (Lipinski definition) is 4. The van der Waals surface area contributed by atoms with Gasteiger partial charge in [0.2, 0.25) is 5.91 Å². The third-order valence-corrected chi connectivity index (χ3v) is 7.99. The van der Waals surface area contributed by atoms with Crippen LogP contribution in [0.3, 0.4) is 0 Å². The Bertz CT molecular complexity index is 924. The Kier molecular flexibility index (Phi) is 7.96. The highest BCUT2D eigenvalue weighted by Gasteiger charge is 2.44. The lowest BCUT2D eigenvalue weighted by molar-refractivity contribution is -0.136. The summed E-state index contributed by atoms with van der Waals surface area (Å²) in [6.07, 6.45) is 13.5. The largest absolute Gasteiger partial charge is 0.337 e. The Morgan fingerprint density at radius 1 is 1.15 bits per heavy atom. The van der Waals surface area contributed by atoms with E-state index in [1.807, 2.05) is 17.1 Å². The summed E-state index contributed by atoms with van der Waals surface area (Å²) in [6, 6.07) is 1.52. The third-order valence-electron chi connectivity index (χ3n) is 6.97. The fourth-order valence-electron chi connectivity index (χ4n) is 5.36. The van der Waals surface area contributed by atoms with Crippen molar-refractivity contribution < 1.29 is 18.0 Å². The van der Waals surface area contributed by atoms with Crippen molar-refractivity contribution in [2.45, 2.75) is 68.3 Å². The van der Waals surface area contributed by atoms with Gasteiger partial charge in [-0.3, -0.25) is 14.5 Å². The first-order valence-electron chi connectivity index (χ1n) is 11.6. The Hall–Kier alpha value is -2.06. The lowest BCUT2D eigenvalue weighted by Crippen LogP contribution is -2.49. The molecule has 3 aliphatic rings. The van der Waals surface area contributed by atoms with Gasteiger partial charge >= 0.3 is 0 Å². The molecule has 2 heterocycles. The standard InChI is InChI=1S/C25H30F3N3OS/c1-29-24(14-16-13-22(27)23(28)15-21(16)26)17-11-18-7-8-19(12-17)31(18)25(32)9-10-30-33-20-5-3-2-4-6-20/h2-5,13,15,17-20,24,30H,1,6-12,14H2. The molecule has 1 aromatic carbocycles. The van der Waals surface area contributed by atoms with E-state index in [0.717, 1.165) is 38.2 Å². The molecule has 2 saturated heterocycles. The summed E-state index contributed by atoms with van der Waals surface area (Å²) in [7, 11) is 0. The van der Waals surface area contributed by atoms with E-state index in [-0.39, 0.29) is 41.9 Å². The van der Waals surface area contributed by atoms with Crippen molar-refractivity contribution in [2.75, 3.05) is 6.54 Å². The van der Waals surface area contributed by atoms with E-state index >= 15 is 0 Å². The zero-order valence-corrected chi connectivity index (χ0v) is 19.4. The van der Waals surface area contributed by atoms with Crippen LogP contribution in [-0.4, -0.2) is 47.4 Å². The van der Waals surface area contributed by atoms with Crippen LogP contribution < -0.4 is 4.72 Å². The quantitative estimate of drug-likeness (QED) is 0.236. The van der Waals surface area contributed by atoms with Crippen LogP contribution in [0.4, 0.5) is 13.2 Å². The highest BCUT2D eigenvalue weighted by Crippen LogP contribution is 2.41. The molecule has 178 valence electrons. The summed E-state index contributed by atoms with van der Waals surface area (Å²) >= 11 is 1.66. The maximum atomic E-state index is 14.2. The molecule has 33 heavy (non-hydrogen) atoms. The average molecular weight is 478 g/mol. The molecule has 1 aromatic rings. The number of rotatable bonds is 9. The Morgan fingerprint density at radius 2 is 1.88 bits per heavy atom. The van der Waals surface area contributed by atoms with Crippen molar-refractivity contribution >= 4 is 24.6 Å². The Morgan fingerprint density at radius 3 is 2.55 bits per heavy atom. The number of amides is 1. The minimum Gasteiger partial charge on any atom is -0.337 e. The molecule has 0 saturated carbocycles. The smallest absolute Gasteiger partial charge is 0.224 e. The minimum atomic E-state index is -1.19. The fourth-order valence-corrected chi connectivity index (χ4v) is 6.18. The van der Waals surface area contributed by atoms with E-state index < -0.39 is 17.5 Å². The van der Waals surface area contributed by atoms with Gasteiger partial charge in [0, 0.05) is 36.4 Å². The molecular formula is C25H30F3N3OS. The van der Waals surface area contributed by atoms with Gasteiger partial charge in [0.05, 0.1) is 6.04 Å². The van der Waals surface area contributed by atoms with Crippen molar-refractivity contribution in [1.29, 1.82) is 0 Å². The molecule has 1 amide bonds. The van der Waals surface area contributed by atoms with Crippen LogP contribution in [0.2, 0.25) is 0 Å². The highest BCUT2D eigenvalue weighted by molar-refractivity contribution is 7.98. The first-order valence-corrected chi connectivity index (χ1v) is 12.5. The van der Waals surface area contributed by atoms with Crippen LogP contribution in [0.5, 0.6) is 0 Å². The molecule has 1 aliphatic carbocycles. The molecule has 0 radical (unpaired) electrons. The number of aliphatic imine (C=N–C) groups is 1. The molecule has 4 nitrogen and oxygen atoms in total. The first-order chi connectivity index (χ1) is 16.0. The van der Waals surface area contributed by atoms with E-state index in [1.165, 1.54) is 0 Å². The Balaban J connectivity index is 1.30. The number of fused-ring (bicyclic) bond motifs is 2. The summed E-state index contributed by atoms with van der Waals surface area (Å²) in [4.78, 5) is 19.2. The summed E-state index contributed by atoms with van der Waals surface area (Å²) < 4.78 is 44.4. The van der Waals surface area contributed by atoms with Crippen molar-refractivity contribution in [3.63, 3.8) is 0 Å². The number of benzene rings is 1. The number of halogens is 3. The zero-order valence-electron chi connectivity index (χ0n) is 18.6. The van der Waals surface area contributed by atoms with Gasteiger partial charge in [-0.25, -0.2) is 13.2 Å². The van der Waals surface area contributed by atoms with Crippen LogP contribution in [0.25, 0.3) is 0 Å². The number of carbonyl (C=O) groups excluding carboxylic acids is 1. The maximum absolute atomic E-state index is 14.2. The normalized spacial score (nSPS) is 27.1. The molecule has 4 atom stereocenters. The predicted molar refractivity (Wildman–Crippen MR) is 127 cm³/mol. The lowest BCUT2D eigenvalue weighted by Gasteiger charge is -2.41. The number of piperidine rings is 1. The Labute approximate surface area is 197 Å². The van der Waals surface area contributed by atoms with Crippen LogP contribution >= 0.6 is 11.9 Å². The van der Waals surface area contributed by atoms with Gasteiger partial charge in [0.15, 0.2) is 11.6 Å². The molecule has 0 aromatic heterocycles. The van der Waals surface area contributed by atoms with Gasteiger partial charge < -0.3 is 4.90 Å². The topological polar surface area (TPSA) is 44.7 Å². The fraction of sp³-hybridized carbons (Fsp3) is 0.520. The molecular weight excluding hydrogens is 447 g/mol. The molecule has 2 bridgehead atoms. The highest BCUT2D eigenvalue weighted by atomic mass is 32.2. The van der Waals surface area contributed by atoms with Gasteiger partial charge in [0.1, 0.15) is 5.82 Å². The first kappa shape index (κ1) is 24.1. The molecule has 2 aliphatic heterocycles. The van der Waals surface area contributed by atoms with Gasteiger partial charge in [-0.2, -0.15) is 0 Å². The molecule has 2 fully saturated rings. The second kappa shape index (κ2) is 10.9.